The van der Waals surface area contributed by atoms with E-state index in [1.165, 1.54) is 95.3 Å². The summed E-state index contributed by atoms with van der Waals surface area (Å²) in [4.78, 5) is 0. The molecule has 0 aliphatic carbocycles. The van der Waals surface area contributed by atoms with Gasteiger partial charge in [0, 0.05) is 51.5 Å². The highest BCUT2D eigenvalue weighted by Gasteiger charge is 2.23. The Bertz CT molecular complexity index is 2630. The Hall–Kier alpha value is -5.28. The van der Waals surface area contributed by atoms with Gasteiger partial charge in [-0.25, -0.2) is 0 Å². The zero-order valence-electron chi connectivity index (χ0n) is 24.8. The van der Waals surface area contributed by atoms with Gasteiger partial charge in [-0.2, -0.15) is 0 Å². The van der Waals surface area contributed by atoms with Crippen molar-refractivity contribution in [3.63, 3.8) is 0 Å². The van der Waals surface area contributed by atoms with Gasteiger partial charge in [-0.3, -0.25) is 0 Å². The van der Waals surface area contributed by atoms with Gasteiger partial charge in [0.2, 0.25) is 0 Å². The van der Waals surface area contributed by atoms with Gasteiger partial charge < -0.3 is 0 Å². The van der Waals surface area contributed by atoms with E-state index in [9.17, 15) is 0 Å². The summed E-state index contributed by atoms with van der Waals surface area (Å²) >= 11 is 3.86. The number of hydrogen-bond donors (Lipinski definition) is 0. The maximum Gasteiger partial charge on any atom is 0.0448 e. The second-order valence-electron chi connectivity index (χ2n) is 12.0. The first kappa shape index (κ1) is 26.0. The summed E-state index contributed by atoms with van der Waals surface area (Å²) < 4.78 is 5.42. The van der Waals surface area contributed by atoms with Gasteiger partial charge in [0.1, 0.15) is 0 Å². The van der Waals surface area contributed by atoms with Crippen LogP contribution in [0.5, 0.6) is 0 Å². The monoisotopic (exact) mass is 618 g/mol. The van der Waals surface area contributed by atoms with Crippen LogP contribution in [0.25, 0.3) is 95.3 Å². The van der Waals surface area contributed by atoms with Crippen molar-refractivity contribution in [2.75, 3.05) is 0 Å². The molecule has 0 saturated heterocycles. The molecule has 0 radical (unpaired) electrons. The third-order valence-corrected chi connectivity index (χ3v) is 11.9. The van der Waals surface area contributed by atoms with E-state index in [1.54, 1.807) is 0 Å². The summed E-state index contributed by atoms with van der Waals surface area (Å²) in [6, 6.07) is 58.1. The molecule has 0 aliphatic rings. The number of fused-ring (bicyclic) bond motifs is 8. The normalized spacial score (nSPS) is 11.9. The quantitative estimate of drug-likeness (QED) is 0.173. The Balaban J connectivity index is 1.35. The van der Waals surface area contributed by atoms with Crippen LogP contribution in [0, 0.1) is 0 Å². The first-order valence-corrected chi connectivity index (χ1v) is 17.3. The molecule has 0 atom stereocenters. The zero-order chi connectivity index (χ0) is 30.2. The van der Waals surface area contributed by atoms with Gasteiger partial charge in [-0.1, -0.05) is 140 Å². The van der Waals surface area contributed by atoms with Gasteiger partial charge in [0.05, 0.1) is 0 Å². The molecule has 214 valence electrons. The summed E-state index contributed by atoms with van der Waals surface area (Å²) in [5.74, 6) is 0. The summed E-state index contributed by atoms with van der Waals surface area (Å²) in [6.07, 6.45) is 0. The van der Waals surface area contributed by atoms with E-state index in [0.29, 0.717) is 0 Å². The first-order valence-electron chi connectivity index (χ1n) is 15.7. The summed E-state index contributed by atoms with van der Waals surface area (Å²) in [6.45, 7) is 0. The minimum Gasteiger partial charge on any atom is -0.134 e. The maximum absolute atomic E-state index is 2.46. The molecular weight excluding hydrogens is 593 g/mol. The molecule has 10 aromatic rings. The Labute approximate surface area is 274 Å². The predicted octanol–water partition coefficient (Wildman–Crippen LogP) is 13.7. The summed E-state index contributed by atoms with van der Waals surface area (Å²) in [5, 5.41) is 10.5. The highest BCUT2D eigenvalue weighted by molar-refractivity contribution is 7.29. The molecule has 0 nitrogen and oxygen atoms in total. The molecule has 10 rings (SSSR count). The van der Waals surface area contributed by atoms with E-state index in [-0.39, 0.29) is 0 Å². The third-order valence-electron chi connectivity index (χ3n) is 9.47. The van der Waals surface area contributed by atoms with E-state index >= 15 is 0 Å². The van der Waals surface area contributed by atoms with Crippen molar-refractivity contribution in [1.82, 2.24) is 0 Å². The molecule has 0 N–H and O–H groups in total. The Morgan fingerprint density at radius 2 is 0.652 bits per heavy atom. The fraction of sp³-hybridized carbons (Fsp3) is 0. The van der Waals surface area contributed by atoms with Crippen molar-refractivity contribution in [3.8, 4) is 33.4 Å². The van der Waals surface area contributed by atoms with Gasteiger partial charge in [0.15, 0.2) is 0 Å². The van der Waals surface area contributed by atoms with E-state index in [4.69, 9.17) is 0 Å². The summed E-state index contributed by atoms with van der Waals surface area (Å²) in [5.41, 5.74) is 7.72. The zero-order valence-corrected chi connectivity index (χ0v) is 26.5. The van der Waals surface area contributed by atoms with Crippen molar-refractivity contribution in [1.29, 1.82) is 0 Å². The van der Waals surface area contributed by atoms with Crippen LogP contribution >= 0.6 is 22.7 Å². The molecule has 8 aromatic carbocycles. The minimum absolute atomic E-state index is 1.23. The molecule has 0 fully saturated rings. The average Bonchev–Trinajstić information content (AvgIpc) is 3.69. The molecule has 2 heterocycles. The van der Waals surface area contributed by atoms with E-state index in [0.717, 1.165) is 0 Å². The highest BCUT2D eigenvalue weighted by atomic mass is 32.1. The topological polar surface area (TPSA) is 0 Å². The van der Waals surface area contributed by atoms with Gasteiger partial charge >= 0.3 is 0 Å². The standard InChI is InChI=1S/C44H26S2/c1-2-12-27(13-3-1)28-22-24-29(25-23-28)40-32-16-4-6-18-34(32)41(35-19-7-5-17-33(35)40)42-43-36(30-14-8-10-20-38(30)45-43)26-37-31-15-9-11-21-39(31)46-44(37)42/h1-26H. The van der Waals surface area contributed by atoms with Crippen molar-refractivity contribution >= 4 is 84.6 Å². The SMILES string of the molecule is c1ccc(-c2ccc(-c3c4ccccc4c(-c4c5sc6ccccc6c5cc5c4sc4ccccc45)c4ccccc34)cc2)cc1. The van der Waals surface area contributed by atoms with Crippen LogP contribution in [0.2, 0.25) is 0 Å². The molecule has 2 heteroatoms. The molecule has 0 spiro atoms. The Morgan fingerprint density at radius 3 is 1.17 bits per heavy atom. The molecule has 0 aliphatic heterocycles. The molecular formula is C44H26S2. The second-order valence-corrected chi connectivity index (χ2v) is 14.1. The fourth-order valence-corrected chi connectivity index (χ4v) is 9.98. The van der Waals surface area contributed by atoms with Crippen molar-refractivity contribution in [2.24, 2.45) is 0 Å². The molecule has 2 aromatic heterocycles. The lowest BCUT2D eigenvalue weighted by Gasteiger charge is -2.19. The van der Waals surface area contributed by atoms with E-state index in [2.05, 4.69) is 158 Å². The lowest BCUT2D eigenvalue weighted by atomic mass is 9.85. The second kappa shape index (κ2) is 10.1. The van der Waals surface area contributed by atoms with Crippen molar-refractivity contribution in [3.05, 3.63) is 158 Å². The number of rotatable bonds is 3. The van der Waals surface area contributed by atoms with Crippen LogP contribution in [-0.4, -0.2) is 0 Å². The predicted molar refractivity (Wildman–Crippen MR) is 204 cm³/mol. The lowest BCUT2D eigenvalue weighted by Crippen LogP contribution is -1.91. The smallest absolute Gasteiger partial charge is 0.0448 e. The molecule has 0 saturated carbocycles. The van der Waals surface area contributed by atoms with Crippen LogP contribution in [0.15, 0.2) is 158 Å². The minimum atomic E-state index is 1.23. The van der Waals surface area contributed by atoms with E-state index in [1.807, 2.05) is 22.7 Å². The van der Waals surface area contributed by atoms with Crippen LogP contribution in [0.3, 0.4) is 0 Å². The summed E-state index contributed by atoms with van der Waals surface area (Å²) in [7, 11) is 0. The van der Waals surface area contributed by atoms with Crippen LogP contribution in [0.4, 0.5) is 0 Å². The number of thiophene rings is 2. The first-order chi connectivity index (χ1) is 22.8. The van der Waals surface area contributed by atoms with Gasteiger partial charge in [-0.05, 0) is 62.0 Å². The van der Waals surface area contributed by atoms with Crippen LogP contribution in [-0.2, 0) is 0 Å². The van der Waals surface area contributed by atoms with E-state index < -0.39 is 0 Å². The van der Waals surface area contributed by atoms with Crippen LogP contribution in [0.1, 0.15) is 0 Å². The molecule has 0 unspecified atom stereocenters. The third kappa shape index (κ3) is 3.78. The number of hydrogen-bond acceptors (Lipinski definition) is 2. The Kier molecular flexibility index (Phi) is 5.72. The molecule has 0 bridgehead atoms. The van der Waals surface area contributed by atoms with Gasteiger partial charge in [-0.15, -0.1) is 22.7 Å². The maximum atomic E-state index is 2.46. The van der Waals surface area contributed by atoms with Crippen molar-refractivity contribution in [2.45, 2.75) is 0 Å². The van der Waals surface area contributed by atoms with Crippen LogP contribution < -0.4 is 0 Å². The average molecular weight is 619 g/mol. The molecule has 46 heavy (non-hydrogen) atoms. The lowest BCUT2D eigenvalue weighted by molar-refractivity contribution is 1.61. The number of benzene rings is 8. The molecule has 0 amide bonds. The van der Waals surface area contributed by atoms with Crippen molar-refractivity contribution < 1.29 is 0 Å². The fourth-order valence-electron chi connectivity index (χ4n) is 7.43. The van der Waals surface area contributed by atoms with Gasteiger partial charge in [0.25, 0.3) is 0 Å². The Morgan fingerprint density at radius 1 is 0.261 bits per heavy atom. The highest BCUT2D eigenvalue weighted by Crippen LogP contribution is 2.53. The largest absolute Gasteiger partial charge is 0.134 e.